The molecule has 0 saturated carbocycles. The zero-order chi connectivity index (χ0) is 7.56. The third-order valence-corrected chi connectivity index (χ3v) is 0.999. The van der Waals surface area contributed by atoms with Gasteiger partial charge >= 0.3 is 0 Å². The first-order valence-electron chi connectivity index (χ1n) is 2.63. The first-order valence-corrected chi connectivity index (χ1v) is 2.63. The van der Waals surface area contributed by atoms with E-state index in [-0.39, 0.29) is 5.82 Å². The second-order valence-electron chi connectivity index (χ2n) is 1.66. The molecule has 5 heteroatoms. The van der Waals surface area contributed by atoms with Gasteiger partial charge in [-0.25, -0.2) is 0 Å². The highest BCUT2D eigenvalue weighted by Crippen LogP contribution is 1.99. The average molecular weight is 141 g/mol. The average Bonchev–Trinajstić information content (AvgIpc) is 1.95. The van der Waals surface area contributed by atoms with Crippen molar-refractivity contribution in [2.24, 2.45) is 0 Å². The Balaban J connectivity index is 3.17. The lowest BCUT2D eigenvalue weighted by atomic mass is 10.6. The molecule has 0 atom stereocenters. The fourth-order valence-electron chi connectivity index (χ4n) is 0.508. The highest BCUT2D eigenvalue weighted by Gasteiger charge is 1.96. The van der Waals surface area contributed by atoms with Crippen LogP contribution in [-0.4, -0.2) is 17.1 Å². The Hall–Kier alpha value is -1.52. The SMILES string of the molecule is COc1c[nH]c(=O)c(N)n1. The predicted molar refractivity (Wildman–Crippen MR) is 35.8 cm³/mol. The minimum atomic E-state index is -0.402. The summed E-state index contributed by atoms with van der Waals surface area (Å²) in [5.74, 6) is 0.219. The number of H-pyrrole nitrogens is 1. The molecule has 1 aromatic rings. The molecule has 0 aliphatic heterocycles. The Kier molecular flexibility index (Phi) is 1.57. The van der Waals surface area contributed by atoms with E-state index in [1.807, 2.05) is 0 Å². The lowest BCUT2D eigenvalue weighted by Crippen LogP contribution is -2.13. The molecule has 0 aromatic carbocycles. The topological polar surface area (TPSA) is 81.0 Å². The van der Waals surface area contributed by atoms with E-state index >= 15 is 0 Å². The van der Waals surface area contributed by atoms with Crippen LogP contribution in [0.25, 0.3) is 0 Å². The van der Waals surface area contributed by atoms with E-state index in [0.29, 0.717) is 5.88 Å². The first kappa shape index (κ1) is 6.60. The van der Waals surface area contributed by atoms with Crippen LogP contribution in [0.2, 0.25) is 0 Å². The molecule has 0 aliphatic rings. The Bertz CT molecular complexity index is 280. The van der Waals surface area contributed by atoms with Gasteiger partial charge in [0.05, 0.1) is 13.3 Å². The maximum atomic E-state index is 10.6. The van der Waals surface area contributed by atoms with Gasteiger partial charge in [-0.2, -0.15) is 4.98 Å². The van der Waals surface area contributed by atoms with E-state index in [4.69, 9.17) is 5.73 Å². The summed E-state index contributed by atoms with van der Waals surface area (Å²) in [6.07, 6.45) is 1.35. The van der Waals surface area contributed by atoms with E-state index in [1.165, 1.54) is 13.3 Å². The quantitative estimate of drug-likeness (QED) is 0.545. The van der Waals surface area contributed by atoms with Crippen LogP contribution in [0.3, 0.4) is 0 Å². The summed E-state index contributed by atoms with van der Waals surface area (Å²) < 4.78 is 4.69. The summed E-state index contributed by atoms with van der Waals surface area (Å²) in [6, 6.07) is 0. The van der Waals surface area contributed by atoms with Crippen molar-refractivity contribution < 1.29 is 4.74 Å². The number of nitrogen functional groups attached to an aromatic ring is 1. The lowest BCUT2D eigenvalue weighted by molar-refractivity contribution is 0.396. The number of aromatic nitrogens is 2. The molecule has 0 aliphatic carbocycles. The van der Waals surface area contributed by atoms with E-state index in [2.05, 4.69) is 14.7 Å². The highest BCUT2D eigenvalue weighted by molar-refractivity contribution is 5.26. The number of ether oxygens (including phenoxy) is 1. The molecular formula is C5H7N3O2. The van der Waals surface area contributed by atoms with Crippen molar-refractivity contribution in [1.82, 2.24) is 9.97 Å². The summed E-state index contributed by atoms with van der Waals surface area (Å²) >= 11 is 0. The van der Waals surface area contributed by atoms with E-state index in [0.717, 1.165) is 0 Å². The number of hydrogen-bond acceptors (Lipinski definition) is 4. The molecule has 0 bridgehead atoms. The monoisotopic (exact) mass is 141 g/mol. The summed E-state index contributed by atoms with van der Waals surface area (Å²) in [4.78, 5) is 16.5. The largest absolute Gasteiger partial charge is 0.480 e. The van der Waals surface area contributed by atoms with Crippen molar-refractivity contribution in [3.05, 3.63) is 16.6 Å². The summed E-state index contributed by atoms with van der Waals surface area (Å²) in [5.41, 5.74) is 4.76. The van der Waals surface area contributed by atoms with Gasteiger partial charge in [0.25, 0.3) is 5.56 Å². The van der Waals surface area contributed by atoms with Crippen LogP contribution in [0, 0.1) is 0 Å². The molecule has 0 fully saturated rings. The molecule has 1 aromatic heterocycles. The standard InChI is InChI=1S/C5H7N3O2/c1-10-3-2-7-5(9)4(6)8-3/h2H,1H3,(H2,6,8)(H,7,9). The Morgan fingerprint density at radius 2 is 2.50 bits per heavy atom. The van der Waals surface area contributed by atoms with Gasteiger partial charge in [-0.15, -0.1) is 0 Å². The van der Waals surface area contributed by atoms with Gasteiger partial charge in [0, 0.05) is 0 Å². The van der Waals surface area contributed by atoms with Crippen molar-refractivity contribution >= 4 is 5.82 Å². The Morgan fingerprint density at radius 3 is 3.00 bits per heavy atom. The minimum absolute atomic E-state index is 0.0839. The van der Waals surface area contributed by atoms with Crippen LogP contribution >= 0.6 is 0 Å². The normalized spacial score (nSPS) is 9.30. The fourth-order valence-corrected chi connectivity index (χ4v) is 0.508. The van der Waals surface area contributed by atoms with E-state index in [9.17, 15) is 4.79 Å². The highest BCUT2D eigenvalue weighted by atomic mass is 16.5. The van der Waals surface area contributed by atoms with Crippen molar-refractivity contribution in [2.75, 3.05) is 12.8 Å². The third-order valence-electron chi connectivity index (χ3n) is 0.999. The van der Waals surface area contributed by atoms with Gasteiger partial charge in [0.2, 0.25) is 5.88 Å². The number of hydrogen-bond donors (Lipinski definition) is 2. The van der Waals surface area contributed by atoms with Crippen molar-refractivity contribution in [1.29, 1.82) is 0 Å². The first-order chi connectivity index (χ1) is 4.74. The summed E-state index contributed by atoms with van der Waals surface area (Å²) in [6.45, 7) is 0. The number of aromatic amines is 1. The minimum Gasteiger partial charge on any atom is -0.480 e. The van der Waals surface area contributed by atoms with Crippen LogP contribution in [-0.2, 0) is 0 Å². The van der Waals surface area contributed by atoms with Crippen LogP contribution in [0.4, 0.5) is 5.82 Å². The van der Waals surface area contributed by atoms with Crippen LogP contribution in [0.1, 0.15) is 0 Å². The van der Waals surface area contributed by atoms with E-state index in [1.54, 1.807) is 0 Å². The summed E-state index contributed by atoms with van der Waals surface area (Å²) in [5, 5.41) is 0. The second kappa shape index (κ2) is 2.38. The predicted octanol–water partition coefficient (Wildman–Crippen LogP) is -0.639. The number of methoxy groups -OCH3 is 1. The van der Waals surface area contributed by atoms with Crippen LogP contribution in [0.5, 0.6) is 5.88 Å². The molecule has 0 spiro atoms. The zero-order valence-electron chi connectivity index (χ0n) is 5.42. The Morgan fingerprint density at radius 1 is 1.80 bits per heavy atom. The van der Waals surface area contributed by atoms with Gasteiger partial charge in [0.15, 0.2) is 5.82 Å². The number of anilines is 1. The lowest BCUT2D eigenvalue weighted by Gasteiger charge is -1.96. The second-order valence-corrected chi connectivity index (χ2v) is 1.66. The zero-order valence-corrected chi connectivity index (χ0v) is 5.42. The maximum absolute atomic E-state index is 10.6. The van der Waals surface area contributed by atoms with E-state index < -0.39 is 5.56 Å². The molecule has 0 amide bonds. The van der Waals surface area contributed by atoms with Gasteiger partial charge < -0.3 is 15.5 Å². The van der Waals surface area contributed by atoms with Gasteiger partial charge in [-0.1, -0.05) is 0 Å². The molecule has 5 nitrogen and oxygen atoms in total. The Labute approximate surface area is 56.9 Å². The molecule has 0 saturated heterocycles. The molecule has 54 valence electrons. The third kappa shape index (κ3) is 1.07. The summed E-state index contributed by atoms with van der Waals surface area (Å²) in [7, 11) is 1.44. The molecular weight excluding hydrogens is 134 g/mol. The van der Waals surface area contributed by atoms with Crippen molar-refractivity contribution in [3.8, 4) is 5.88 Å². The molecule has 0 radical (unpaired) electrons. The van der Waals surface area contributed by atoms with Crippen LogP contribution < -0.4 is 16.0 Å². The number of nitrogens with two attached hydrogens (primary N) is 1. The molecule has 10 heavy (non-hydrogen) atoms. The maximum Gasteiger partial charge on any atom is 0.290 e. The fraction of sp³-hybridized carbons (Fsp3) is 0.200. The molecule has 3 N–H and O–H groups in total. The molecule has 0 unspecified atom stereocenters. The smallest absolute Gasteiger partial charge is 0.290 e. The number of nitrogens with zero attached hydrogens (tertiary/aromatic N) is 1. The molecule has 1 heterocycles. The number of nitrogens with one attached hydrogen (secondary N) is 1. The number of rotatable bonds is 1. The van der Waals surface area contributed by atoms with Gasteiger partial charge in [0.1, 0.15) is 0 Å². The van der Waals surface area contributed by atoms with Gasteiger partial charge in [-0.05, 0) is 0 Å². The van der Waals surface area contributed by atoms with Crippen molar-refractivity contribution in [3.63, 3.8) is 0 Å². The van der Waals surface area contributed by atoms with Crippen LogP contribution in [0.15, 0.2) is 11.0 Å². The van der Waals surface area contributed by atoms with Gasteiger partial charge in [-0.3, -0.25) is 4.79 Å². The van der Waals surface area contributed by atoms with Crippen molar-refractivity contribution in [2.45, 2.75) is 0 Å². The molecule has 1 rings (SSSR count).